The van der Waals surface area contributed by atoms with E-state index in [0.29, 0.717) is 0 Å². The fourth-order valence-electron chi connectivity index (χ4n) is 2.31. The van der Waals surface area contributed by atoms with E-state index in [2.05, 4.69) is 53.8 Å². The van der Waals surface area contributed by atoms with E-state index >= 15 is 0 Å². The SMILES string of the molecule is CC(O)CCNC(Cc1ccccc1)c1ccccc1. The van der Waals surface area contributed by atoms with Crippen molar-refractivity contribution in [3.63, 3.8) is 0 Å². The molecule has 0 radical (unpaired) electrons. The Bertz CT molecular complexity index is 481. The average Bonchev–Trinajstić information content (AvgIpc) is 2.48. The molecule has 0 saturated carbocycles. The van der Waals surface area contributed by atoms with Crippen LogP contribution in [0.25, 0.3) is 0 Å². The Balaban J connectivity index is 2.04. The monoisotopic (exact) mass is 269 g/mol. The van der Waals surface area contributed by atoms with Crippen LogP contribution in [-0.2, 0) is 6.42 Å². The van der Waals surface area contributed by atoms with Gasteiger partial charge in [-0.15, -0.1) is 0 Å². The van der Waals surface area contributed by atoms with Crippen LogP contribution in [0.4, 0.5) is 0 Å². The molecule has 0 aliphatic carbocycles. The summed E-state index contributed by atoms with van der Waals surface area (Å²) in [5.41, 5.74) is 2.62. The lowest BCUT2D eigenvalue weighted by Crippen LogP contribution is -2.26. The van der Waals surface area contributed by atoms with Crippen molar-refractivity contribution in [2.45, 2.75) is 31.9 Å². The molecule has 0 aliphatic rings. The Morgan fingerprint density at radius 2 is 1.55 bits per heavy atom. The molecule has 106 valence electrons. The van der Waals surface area contributed by atoms with Crippen LogP contribution in [0, 0.1) is 0 Å². The van der Waals surface area contributed by atoms with Crippen LogP contribution in [-0.4, -0.2) is 17.8 Å². The molecule has 0 amide bonds. The third-order valence-electron chi connectivity index (χ3n) is 3.44. The molecule has 0 saturated heterocycles. The molecule has 0 spiro atoms. The third kappa shape index (κ3) is 4.80. The topological polar surface area (TPSA) is 32.3 Å². The van der Waals surface area contributed by atoms with Crippen molar-refractivity contribution in [1.29, 1.82) is 0 Å². The molecule has 2 unspecified atom stereocenters. The highest BCUT2D eigenvalue weighted by Crippen LogP contribution is 2.18. The molecule has 2 heteroatoms. The van der Waals surface area contributed by atoms with Gasteiger partial charge >= 0.3 is 0 Å². The van der Waals surface area contributed by atoms with Crippen molar-refractivity contribution in [3.8, 4) is 0 Å². The molecule has 0 fully saturated rings. The largest absolute Gasteiger partial charge is 0.393 e. The van der Waals surface area contributed by atoms with Crippen molar-refractivity contribution in [2.24, 2.45) is 0 Å². The third-order valence-corrected chi connectivity index (χ3v) is 3.44. The van der Waals surface area contributed by atoms with E-state index in [1.807, 2.05) is 19.1 Å². The fraction of sp³-hybridized carbons (Fsp3) is 0.333. The van der Waals surface area contributed by atoms with E-state index in [-0.39, 0.29) is 12.1 Å². The van der Waals surface area contributed by atoms with E-state index in [0.717, 1.165) is 19.4 Å². The molecule has 2 aromatic rings. The lowest BCUT2D eigenvalue weighted by atomic mass is 9.98. The predicted molar refractivity (Wildman–Crippen MR) is 83.6 cm³/mol. The van der Waals surface area contributed by atoms with E-state index < -0.39 is 0 Å². The van der Waals surface area contributed by atoms with Crippen LogP contribution in [0.2, 0.25) is 0 Å². The first-order valence-electron chi connectivity index (χ1n) is 7.26. The van der Waals surface area contributed by atoms with E-state index in [1.165, 1.54) is 11.1 Å². The van der Waals surface area contributed by atoms with Gasteiger partial charge in [-0.1, -0.05) is 60.7 Å². The molecule has 2 aromatic carbocycles. The van der Waals surface area contributed by atoms with Crippen molar-refractivity contribution < 1.29 is 5.11 Å². The van der Waals surface area contributed by atoms with Gasteiger partial charge in [0.15, 0.2) is 0 Å². The predicted octanol–water partition coefficient (Wildman–Crippen LogP) is 3.33. The molecule has 20 heavy (non-hydrogen) atoms. The Labute approximate surface area is 121 Å². The minimum absolute atomic E-state index is 0.254. The summed E-state index contributed by atoms with van der Waals surface area (Å²) in [6.45, 7) is 2.65. The lowest BCUT2D eigenvalue weighted by Gasteiger charge is -2.20. The zero-order valence-corrected chi connectivity index (χ0v) is 12.0. The van der Waals surface area contributed by atoms with Gasteiger partial charge in [0, 0.05) is 6.04 Å². The van der Waals surface area contributed by atoms with Crippen molar-refractivity contribution >= 4 is 0 Å². The normalized spacial score (nSPS) is 13.9. The van der Waals surface area contributed by atoms with Crippen LogP contribution >= 0.6 is 0 Å². The molecule has 2 N–H and O–H groups in total. The standard InChI is InChI=1S/C18H23NO/c1-15(20)12-13-19-18(17-10-6-3-7-11-17)14-16-8-4-2-5-9-16/h2-11,15,18-20H,12-14H2,1H3. The molecule has 2 nitrogen and oxygen atoms in total. The first kappa shape index (κ1) is 14.8. The highest BCUT2D eigenvalue weighted by atomic mass is 16.3. The van der Waals surface area contributed by atoms with Gasteiger partial charge in [-0.05, 0) is 37.4 Å². The molecular weight excluding hydrogens is 246 g/mol. The quantitative estimate of drug-likeness (QED) is 0.808. The van der Waals surface area contributed by atoms with Crippen molar-refractivity contribution in [3.05, 3.63) is 71.8 Å². The summed E-state index contributed by atoms with van der Waals surface area (Å²) < 4.78 is 0. The first-order valence-corrected chi connectivity index (χ1v) is 7.26. The summed E-state index contributed by atoms with van der Waals surface area (Å²) in [7, 11) is 0. The Morgan fingerprint density at radius 3 is 2.15 bits per heavy atom. The van der Waals surface area contributed by atoms with Gasteiger partial charge in [0.25, 0.3) is 0 Å². The summed E-state index contributed by atoms with van der Waals surface area (Å²) in [6.07, 6.45) is 1.48. The molecule has 2 rings (SSSR count). The van der Waals surface area contributed by atoms with E-state index in [4.69, 9.17) is 0 Å². The molecule has 0 aliphatic heterocycles. The van der Waals surface area contributed by atoms with Gasteiger partial charge in [-0.2, -0.15) is 0 Å². The first-order chi connectivity index (χ1) is 9.75. The molecule has 0 bridgehead atoms. The van der Waals surface area contributed by atoms with Crippen LogP contribution in [0.5, 0.6) is 0 Å². The molecule has 2 atom stereocenters. The number of hydrogen-bond acceptors (Lipinski definition) is 2. The Morgan fingerprint density at radius 1 is 0.950 bits per heavy atom. The molecule has 0 aromatic heterocycles. The zero-order valence-electron chi connectivity index (χ0n) is 12.0. The van der Waals surface area contributed by atoms with Gasteiger partial charge in [0.05, 0.1) is 6.10 Å². The van der Waals surface area contributed by atoms with Crippen LogP contribution < -0.4 is 5.32 Å². The summed E-state index contributed by atoms with van der Waals surface area (Å²) >= 11 is 0. The zero-order chi connectivity index (χ0) is 14.2. The number of nitrogens with one attached hydrogen (secondary N) is 1. The maximum atomic E-state index is 9.39. The van der Waals surface area contributed by atoms with Gasteiger partial charge < -0.3 is 10.4 Å². The van der Waals surface area contributed by atoms with Crippen LogP contribution in [0.3, 0.4) is 0 Å². The maximum absolute atomic E-state index is 9.39. The molecular formula is C18H23NO. The Kier molecular flexibility index (Phi) is 5.78. The summed E-state index contributed by atoms with van der Waals surface area (Å²) in [5.74, 6) is 0. The molecule has 0 heterocycles. The Hall–Kier alpha value is -1.64. The van der Waals surface area contributed by atoms with Gasteiger partial charge in [0.2, 0.25) is 0 Å². The minimum Gasteiger partial charge on any atom is -0.393 e. The second kappa shape index (κ2) is 7.83. The fourth-order valence-corrected chi connectivity index (χ4v) is 2.31. The summed E-state index contributed by atoms with van der Waals surface area (Å²) in [5, 5.41) is 12.9. The number of aliphatic hydroxyl groups excluding tert-OH is 1. The summed E-state index contributed by atoms with van der Waals surface area (Å²) in [6, 6.07) is 21.3. The van der Waals surface area contributed by atoms with E-state index in [9.17, 15) is 5.11 Å². The van der Waals surface area contributed by atoms with E-state index in [1.54, 1.807) is 0 Å². The van der Waals surface area contributed by atoms with Crippen molar-refractivity contribution in [1.82, 2.24) is 5.32 Å². The van der Waals surface area contributed by atoms with Gasteiger partial charge in [-0.25, -0.2) is 0 Å². The lowest BCUT2D eigenvalue weighted by molar-refractivity contribution is 0.182. The van der Waals surface area contributed by atoms with Gasteiger partial charge in [-0.3, -0.25) is 0 Å². The van der Waals surface area contributed by atoms with Gasteiger partial charge in [0.1, 0.15) is 0 Å². The average molecular weight is 269 g/mol. The highest BCUT2D eigenvalue weighted by Gasteiger charge is 2.11. The minimum atomic E-state index is -0.254. The number of hydrogen-bond donors (Lipinski definition) is 2. The number of benzene rings is 2. The second-order valence-corrected chi connectivity index (χ2v) is 5.24. The number of aliphatic hydroxyl groups is 1. The smallest absolute Gasteiger partial charge is 0.0524 e. The van der Waals surface area contributed by atoms with Crippen LogP contribution in [0.1, 0.15) is 30.5 Å². The number of rotatable bonds is 7. The second-order valence-electron chi connectivity index (χ2n) is 5.24. The van der Waals surface area contributed by atoms with Crippen LogP contribution in [0.15, 0.2) is 60.7 Å². The summed E-state index contributed by atoms with van der Waals surface area (Å²) in [4.78, 5) is 0. The van der Waals surface area contributed by atoms with Crippen molar-refractivity contribution in [2.75, 3.05) is 6.54 Å². The highest BCUT2D eigenvalue weighted by molar-refractivity contribution is 5.23. The maximum Gasteiger partial charge on any atom is 0.0524 e.